The first-order valence-electron chi connectivity index (χ1n) is 11.0. The number of hydrogen-bond acceptors (Lipinski definition) is 5. The Bertz CT molecular complexity index is 628. The third kappa shape index (κ3) is 5.15. The molecule has 6 heteroatoms. The summed E-state index contributed by atoms with van der Waals surface area (Å²) in [6.45, 7) is 13.4. The number of nitrogens with zero attached hydrogens (tertiary/aromatic N) is 4. The molecule has 0 bridgehead atoms. The number of carbonyl (C=O) groups is 1. The van der Waals surface area contributed by atoms with E-state index in [1.807, 2.05) is 18.9 Å². The summed E-state index contributed by atoms with van der Waals surface area (Å²) in [7, 11) is 2.01. The first kappa shape index (κ1) is 21.3. The van der Waals surface area contributed by atoms with Gasteiger partial charge in [0.05, 0.1) is 5.69 Å². The van der Waals surface area contributed by atoms with Gasteiger partial charge in [-0.3, -0.25) is 14.6 Å². The molecule has 1 aromatic heterocycles. The van der Waals surface area contributed by atoms with Crippen molar-refractivity contribution in [1.29, 1.82) is 0 Å². The van der Waals surface area contributed by atoms with Crippen molar-refractivity contribution in [3.63, 3.8) is 0 Å². The van der Waals surface area contributed by atoms with Crippen LogP contribution in [0.2, 0.25) is 0 Å². The maximum Gasteiger partial charge on any atom is 0.228 e. The van der Waals surface area contributed by atoms with E-state index < -0.39 is 0 Å². The molecule has 1 saturated carbocycles. The summed E-state index contributed by atoms with van der Waals surface area (Å²) in [6.07, 6.45) is 7.37. The molecule has 2 fully saturated rings. The van der Waals surface area contributed by atoms with Gasteiger partial charge in [-0.15, -0.1) is 0 Å². The number of amides is 1. The van der Waals surface area contributed by atoms with Crippen molar-refractivity contribution in [3.8, 4) is 0 Å². The normalized spacial score (nSPS) is 20.8. The van der Waals surface area contributed by atoms with Crippen molar-refractivity contribution in [2.45, 2.75) is 59.4 Å². The molecule has 1 aliphatic carbocycles. The van der Waals surface area contributed by atoms with Crippen LogP contribution in [0.15, 0.2) is 10.8 Å². The lowest BCUT2D eigenvalue weighted by Gasteiger charge is -2.37. The molecule has 0 atom stereocenters. The molecule has 158 valence electrons. The molecule has 0 spiro atoms. The first-order chi connectivity index (χ1) is 13.4. The molecule has 28 heavy (non-hydrogen) atoms. The number of likely N-dealkylation sites (N-methyl/N-ethyl adjacent to an activating group) is 1. The minimum atomic E-state index is -0.0852. The third-order valence-corrected chi connectivity index (χ3v) is 6.62. The van der Waals surface area contributed by atoms with Crippen LogP contribution in [0, 0.1) is 18.3 Å². The number of aryl methyl sites for hydroxylation is 1. The topological polar surface area (TPSA) is 52.8 Å². The summed E-state index contributed by atoms with van der Waals surface area (Å²) in [5.74, 6) is 0.970. The fourth-order valence-corrected chi connectivity index (χ4v) is 5.01. The van der Waals surface area contributed by atoms with Crippen LogP contribution in [0.25, 0.3) is 0 Å². The molecule has 1 amide bonds. The van der Waals surface area contributed by atoms with Crippen LogP contribution in [0.1, 0.15) is 57.2 Å². The highest BCUT2D eigenvalue weighted by Crippen LogP contribution is 2.44. The van der Waals surface area contributed by atoms with Crippen LogP contribution in [-0.2, 0) is 11.3 Å². The van der Waals surface area contributed by atoms with Crippen molar-refractivity contribution in [2.24, 2.45) is 11.3 Å². The van der Waals surface area contributed by atoms with E-state index in [0.717, 1.165) is 70.8 Å². The van der Waals surface area contributed by atoms with E-state index in [0.29, 0.717) is 11.8 Å². The molecule has 1 aliphatic heterocycles. The van der Waals surface area contributed by atoms with Crippen molar-refractivity contribution in [2.75, 3.05) is 46.3 Å². The van der Waals surface area contributed by atoms with Crippen LogP contribution < -0.4 is 0 Å². The van der Waals surface area contributed by atoms with E-state index in [2.05, 4.69) is 28.8 Å². The van der Waals surface area contributed by atoms with Crippen LogP contribution in [0.3, 0.4) is 0 Å². The zero-order valence-corrected chi connectivity index (χ0v) is 18.2. The number of hydrogen-bond donors (Lipinski definition) is 0. The second-order valence-electron chi connectivity index (χ2n) is 9.36. The Hall–Kier alpha value is -1.40. The fraction of sp³-hybridized carbons (Fsp3) is 0.818. The Morgan fingerprint density at radius 2 is 1.86 bits per heavy atom. The molecule has 2 heterocycles. The molecular formula is C22H38N4O2. The SMILES string of the molecule is Cc1nocc1CN1CCN(CCN(C)C(=O)C2(CC(C)C)CCCC2)CC1. The fourth-order valence-electron chi connectivity index (χ4n) is 5.01. The van der Waals surface area contributed by atoms with Crippen molar-refractivity contribution >= 4 is 5.91 Å². The minimum absolute atomic E-state index is 0.0852. The number of rotatable bonds is 8. The van der Waals surface area contributed by atoms with E-state index in [1.54, 1.807) is 6.26 Å². The van der Waals surface area contributed by atoms with E-state index >= 15 is 0 Å². The molecule has 3 rings (SSSR count). The summed E-state index contributed by atoms with van der Waals surface area (Å²) in [4.78, 5) is 20.2. The van der Waals surface area contributed by atoms with Crippen molar-refractivity contribution in [1.82, 2.24) is 19.9 Å². The molecular weight excluding hydrogens is 352 g/mol. The Balaban J connectivity index is 1.43. The number of piperazine rings is 1. The molecule has 1 saturated heterocycles. The maximum atomic E-state index is 13.2. The lowest BCUT2D eigenvalue weighted by molar-refractivity contribution is -0.141. The van der Waals surface area contributed by atoms with Gasteiger partial charge in [-0.05, 0) is 32.1 Å². The van der Waals surface area contributed by atoms with Gasteiger partial charge in [0.2, 0.25) is 5.91 Å². The maximum absolute atomic E-state index is 13.2. The second-order valence-corrected chi connectivity index (χ2v) is 9.36. The van der Waals surface area contributed by atoms with Crippen LogP contribution in [-0.4, -0.2) is 72.1 Å². The van der Waals surface area contributed by atoms with Crippen LogP contribution in [0.5, 0.6) is 0 Å². The van der Waals surface area contributed by atoms with Gasteiger partial charge in [0.25, 0.3) is 0 Å². The first-order valence-corrected chi connectivity index (χ1v) is 11.0. The monoisotopic (exact) mass is 390 g/mol. The highest BCUT2D eigenvalue weighted by Gasteiger charge is 2.42. The summed E-state index contributed by atoms with van der Waals surface area (Å²) < 4.78 is 5.04. The van der Waals surface area contributed by atoms with Gasteiger partial charge >= 0.3 is 0 Å². The predicted octanol–water partition coefficient (Wildman–Crippen LogP) is 3.17. The van der Waals surface area contributed by atoms with E-state index in [1.165, 1.54) is 18.4 Å². The van der Waals surface area contributed by atoms with E-state index in [4.69, 9.17) is 4.52 Å². The predicted molar refractivity (Wildman–Crippen MR) is 111 cm³/mol. The quantitative estimate of drug-likeness (QED) is 0.682. The Morgan fingerprint density at radius 3 is 2.43 bits per heavy atom. The number of aromatic nitrogens is 1. The summed E-state index contributed by atoms with van der Waals surface area (Å²) >= 11 is 0. The highest BCUT2D eigenvalue weighted by atomic mass is 16.5. The number of carbonyl (C=O) groups excluding carboxylic acids is 1. The Labute approximate surface area is 170 Å². The average Bonchev–Trinajstić information content (AvgIpc) is 3.30. The van der Waals surface area contributed by atoms with Gasteiger partial charge in [-0.1, -0.05) is 31.8 Å². The lowest BCUT2D eigenvalue weighted by Crippen LogP contribution is -2.49. The van der Waals surface area contributed by atoms with Crippen molar-refractivity contribution < 1.29 is 9.32 Å². The smallest absolute Gasteiger partial charge is 0.228 e. The molecule has 0 N–H and O–H groups in total. The van der Waals surface area contributed by atoms with Gasteiger partial charge in [0, 0.05) is 63.8 Å². The molecule has 1 aromatic rings. The average molecular weight is 391 g/mol. The summed E-state index contributed by atoms with van der Waals surface area (Å²) in [6, 6.07) is 0. The summed E-state index contributed by atoms with van der Waals surface area (Å²) in [5, 5.41) is 3.97. The zero-order valence-electron chi connectivity index (χ0n) is 18.2. The zero-order chi connectivity index (χ0) is 20.1. The van der Waals surface area contributed by atoms with Crippen LogP contribution in [0.4, 0.5) is 0 Å². The largest absolute Gasteiger partial charge is 0.364 e. The van der Waals surface area contributed by atoms with Gasteiger partial charge in [-0.2, -0.15) is 0 Å². The van der Waals surface area contributed by atoms with Gasteiger partial charge < -0.3 is 9.42 Å². The van der Waals surface area contributed by atoms with E-state index in [9.17, 15) is 4.79 Å². The van der Waals surface area contributed by atoms with E-state index in [-0.39, 0.29) is 5.41 Å². The van der Waals surface area contributed by atoms with Gasteiger partial charge in [-0.25, -0.2) is 0 Å². The van der Waals surface area contributed by atoms with Crippen molar-refractivity contribution in [3.05, 3.63) is 17.5 Å². The van der Waals surface area contributed by atoms with Gasteiger partial charge in [0.1, 0.15) is 6.26 Å². The molecule has 0 unspecified atom stereocenters. The second kappa shape index (κ2) is 9.40. The lowest BCUT2D eigenvalue weighted by atomic mass is 9.77. The van der Waals surface area contributed by atoms with Crippen LogP contribution >= 0.6 is 0 Å². The molecule has 0 aromatic carbocycles. The van der Waals surface area contributed by atoms with Gasteiger partial charge in [0.15, 0.2) is 0 Å². The standard InChI is InChI=1S/C22H38N4O2/c1-18(2)15-22(7-5-6-8-22)21(27)24(4)9-10-25-11-13-26(14-12-25)16-20-17-28-23-19(20)3/h17-18H,5-16H2,1-4H3. The molecule has 6 nitrogen and oxygen atoms in total. The minimum Gasteiger partial charge on any atom is -0.364 e. The molecule has 2 aliphatic rings. The summed E-state index contributed by atoms with van der Waals surface area (Å²) in [5.41, 5.74) is 2.09. The Morgan fingerprint density at radius 1 is 1.21 bits per heavy atom. The third-order valence-electron chi connectivity index (χ3n) is 6.62. The highest BCUT2D eigenvalue weighted by molar-refractivity contribution is 5.82. The molecule has 0 radical (unpaired) electrons. The Kier molecular flexibility index (Phi) is 7.15.